The van der Waals surface area contributed by atoms with Gasteiger partial charge in [-0.1, -0.05) is 48.0 Å². The molecule has 0 spiro atoms. The summed E-state index contributed by atoms with van der Waals surface area (Å²) >= 11 is 6.18. The van der Waals surface area contributed by atoms with E-state index in [1.807, 2.05) is 0 Å². The van der Waals surface area contributed by atoms with Gasteiger partial charge in [-0.15, -0.1) is 0 Å². The Morgan fingerprint density at radius 2 is 1.55 bits per heavy atom. The molecule has 0 aliphatic carbocycles. The van der Waals surface area contributed by atoms with Crippen LogP contribution in [0.1, 0.15) is 27.7 Å². The smallest absolute Gasteiger partial charge is 0.256 e. The van der Waals surface area contributed by atoms with Crippen LogP contribution >= 0.6 is 11.6 Å². The highest BCUT2D eigenvalue weighted by atomic mass is 35.5. The van der Waals surface area contributed by atoms with Gasteiger partial charge in [0.1, 0.15) is 11.9 Å². The lowest BCUT2D eigenvalue weighted by Crippen LogP contribution is -2.32. The van der Waals surface area contributed by atoms with Crippen LogP contribution in [0, 0.1) is 23.3 Å². The van der Waals surface area contributed by atoms with E-state index in [9.17, 15) is 22.4 Å². The van der Waals surface area contributed by atoms with E-state index >= 15 is 0 Å². The second-order valence-corrected chi connectivity index (χ2v) is 6.91. The van der Waals surface area contributed by atoms with E-state index in [0.29, 0.717) is 21.7 Å². The van der Waals surface area contributed by atoms with Crippen molar-refractivity contribution in [1.82, 2.24) is 4.90 Å². The number of amides is 1. The fourth-order valence-electron chi connectivity index (χ4n) is 3.34. The van der Waals surface area contributed by atoms with Crippen LogP contribution in [0.3, 0.4) is 0 Å². The lowest BCUT2D eigenvalue weighted by atomic mass is 10.1. The molecule has 29 heavy (non-hydrogen) atoms. The van der Waals surface area contributed by atoms with Gasteiger partial charge in [0.05, 0.1) is 0 Å². The molecule has 3 aromatic rings. The topological polar surface area (TPSA) is 32.3 Å². The third-order valence-corrected chi connectivity index (χ3v) is 5.12. The monoisotopic (exact) mass is 420 g/mol. The Hall–Kier alpha value is -3.06. The summed E-state index contributed by atoms with van der Waals surface area (Å²) < 4.78 is 55.7. The molecule has 1 atom stereocenters. The second kappa shape index (κ2) is 7.40. The molecule has 0 radical (unpaired) electrons. The van der Waals surface area contributed by atoms with Crippen molar-refractivity contribution in [2.45, 2.75) is 12.7 Å². The number of carbonyl (C=O) groups excluding carboxylic acids is 1. The molecular weight excluding hydrogens is 408 g/mol. The summed E-state index contributed by atoms with van der Waals surface area (Å²) in [4.78, 5) is 14.2. The van der Waals surface area contributed by atoms with Gasteiger partial charge in [0.15, 0.2) is 23.3 Å². The van der Waals surface area contributed by atoms with Crippen LogP contribution in [-0.2, 0) is 6.54 Å². The Balaban J connectivity index is 1.78. The summed E-state index contributed by atoms with van der Waals surface area (Å²) in [6.07, 6.45) is -1.06. The zero-order valence-electron chi connectivity index (χ0n) is 14.7. The fraction of sp³-hybridized carbons (Fsp3) is 0.0952. The van der Waals surface area contributed by atoms with Gasteiger partial charge < -0.3 is 10.2 Å². The molecule has 1 amide bonds. The molecule has 8 heteroatoms. The largest absolute Gasteiger partial charge is 0.356 e. The highest BCUT2D eigenvalue weighted by molar-refractivity contribution is 6.31. The molecule has 1 N–H and O–H groups in total. The summed E-state index contributed by atoms with van der Waals surface area (Å²) in [5, 5.41) is 2.87. The first kappa shape index (κ1) is 19.3. The van der Waals surface area contributed by atoms with Crippen LogP contribution in [0.2, 0.25) is 5.02 Å². The van der Waals surface area contributed by atoms with Crippen LogP contribution in [0.4, 0.5) is 23.2 Å². The molecule has 0 unspecified atom stereocenters. The Kier molecular flexibility index (Phi) is 4.92. The average Bonchev–Trinajstić information content (AvgIpc) is 2.97. The lowest BCUT2D eigenvalue weighted by molar-refractivity contribution is 0.0728. The molecule has 1 aliphatic rings. The highest BCUT2D eigenvalue weighted by Gasteiger charge is 2.38. The number of hydrogen-bond acceptors (Lipinski definition) is 2. The van der Waals surface area contributed by atoms with Gasteiger partial charge in [-0.2, -0.15) is 0 Å². The Morgan fingerprint density at radius 3 is 2.24 bits per heavy atom. The quantitative estimate of drug-likeness (QED) is 0.436. The highest BCUT2D eigenvalue weighted by Crippen LogP contribution is 2.38. The number of fused-ring (bicyclic) bond motifs is 1. The van der Waals surface area contributed by atoms with Gasteiger partial charge >= 0.3 is 0 Å². The number of anilines is 1. The molecule has 0 saturated heterocycles. The zero-order chi connectivity index (χ0) is 20.7. The first-order valence-electron chi connectivity index (χ1n) is 8.61. The van der Waals surface area contributed by atoms with Gasteiger partial charge in [-0.3, -0.25) is 4.79 Å². The summed E-state index contributed by atoms with van der Waals surface area (Å²) in [6.45, 7) is 0.0197. The van der Waals surface area contributed by atoms with E-state index in [1.54, 1.807) is 48.5 Å². The van der Waals surface area contributed by atoms with Crippen molar-refractivity contribution in [3.63, 3.8) is 0 Å². The number of benzene rings is 3. The van der Waals surface area contributed by atoms with Crippen LogP contribution < -0.4 is 5.32 Å². The van der Waals surface area contributed by atoms with Crippen LogP contribution in [0.25, 0.3) is 0 Å². The molecule has 0 saturated carbocycles. The molecule has 0 fully saturated rings. The summed E-state index contributed by atoms with van der Waals surface area (Å²) in [5.41, 5.74) is 0.359. The summed E-state index contributed by atoms with van der Waals surface area (Å²) in [7, 11) is 0. The second-order valence-electron chi connectivity index (χ2n) is 6.50. The minimum absolute atomic E-state index is 0.0197. The SMILES string of the molecule is O=C1c2ccccc2[C@@H](Nc2c(F)c(F)cc(F)c2F)N1Cc1ccccc1Cl. The predicted octanol–water partition coefficient (Wildman–Crippen LogP) is 5.66. The Bertz CT molecular complexity index is 1100. The van der Waals surface area contributed by atoms with Crippen LogP contribution in [-0.4, -0.2) is 10.8 Å². The van der Waals surface area contributed by atoms with Gasteiger partial charge in [0.2, 0.25) is 0 Å². The van der Waals surface area contributed by atoms with Crippen molar-refractivity contribution in [2.24, 2.45) is 0 Å². The van der Waals surface area contributed by atoms with E-state index < -0.39 is 41.0 Å². The molecule has 3 nitrogen and oxygen atoms in total. The van der Waals surface area contributed by atoms with E-state index in [1.165, 1.54) is 4.90 Å². The maximum absolute atomic E-state index is 14.2. The van der Waals surface area contributed by atoms with Crippen molar-refractivity contribution in [2.75, 3.05) is 5.32 Å². The maximum atomic E-state index is 14.2. The van der Waals surface area contributed by atoms with Crippen molar-refractivity contribution < 1.29 is 22.4 Å². The molecule has 3 aromatic carbocycles. The standard InChI is InChI=1S/C21H13ClF4N2O/c22-14-8-4-1-5-11(14)10-28-20(12-6-2-3-7-13(12)21(28)29)27-19-17(25)15(23)9-16(24)18(19)26/h1-9,20,27H,10H2/t20-/m0/s1. The Morgan fingerprint density at radius 1 is 0.931 bits per heavy atom. The minimum Gasteiger partial charge on any atom is -0.356 e. The molecule has 0 aromatic heterocycles. The third kappa shape index (κ3) is 3.31. The maximum Gasteiger partial charge on any atom is 0.256 e. The number of nitrogens with zero attached hydrogens (tertiary/aromatic N) is 1. The molecular formula is C21H13ClF4N2O. The minimum atomic E-state index is -1.57. The van der Waals surface area contributed by atoms with Crippen molar-refractivity contribution in [1.29, 1.82) is 0 Å². The molecule has 4 rings (SSSR count). The van der Waals surface area contributed by atoms with Crippen molar-refractivity contribution >= 4 is 23.2 Å². The van der Waals surface area contributed by atoms with E-state index in [2.05, 4.69) is 5.32 Å². The first-order valence-corrected chi connectivity index (χ1v) is 8.99. The molecule has 0 bridgehead atoms. The van der Waals surface area contributed by atoms with Gasteiger partial charge in [-0.25, -0.2) is 17.6 Å². The lowest BCUT2D eigenvalue weighted by Gasteiger charge is -2.28. The fourth-order valence-corrected chi connectivity index (χ4v) is 3.53. The van der Waals surface area contributed by atoms with Crippen LogP contribution in [0.5, 0.6) is 0 Å². The summed E-state index contributed by atoms with van der Waals surface area (Å²) in [6, 6.07) is 13.4. The molecule has 1 heterocycles. The van der Waals surface area contributed by atoms with E-state index in [0.717, 1.165) is 0 Å². The average molecular weight is 421 g/mol. The Labute approximate surface area is 168 Å². The number of carbonyl (C=O) groups is 1. The first-order chi connectivity index (χ1) is 13.9. The number of rotatable bonds is 4. The normalized spacial score (nSPS) is 15.6. The van der Waals surface area contributed by atoms with Crippen LogP contribution in [0.15, 0.2) is 54.6 Å². The van der Waals surface area contributed by atoms with Gasteiger partial charge in [0, 0.05) is 28.8 Å². The number of halogens is 5. The van der Waals surface area contributed by atoms with Gasteiger partial charge in [0.25, 0.3) is 5.91 Å². The zero-order valence-corrected chi connectivity index (χ0v) is 15.5. The van der Waals surface area contributed by atoms with E-state index in [-0.39, 0.29) is 12.6 Å². The molecule has 1 aliphatic heterocycles. The van der Waals surface area contributed by atoms with Crippen molar-refractivity contribution in [3.8, 4) is 0 Å². The van der Waals surface area contributed by atoms with Gasteiger partial charge in [-0.05, 0) is 17.7 Å². The molecule has 148 valence electrons. The predicted molar refractivity (Wildman–Crippen MR) is 100 cm³/mol. The number of nitrogens with one attached hydrogen (secondary N) is 1. The number of hydrogen-bond donors (Lipinski definition) is 1. The summed E-state index contributed by atoms with van der Waals surface area (Å²) in [5.74, 6) is -6.63. The third-order valence-electron chi connectivity index (χ3n) is 4.75. The van der Waals surface area contributed by atoms with E-state index in [4.69, 9.17) is 11.6 Å². The van der Waals surface area contributed by atoms with Crippen molar-refractivity contribution in [3.05, 3.63) is 99.6 Å².